The van der Waals surface area contributed by atoms with Crippen LogP contribution in [0.25, 0.3) is 11.3 Å². The van der Waals surface area contributed by atoms with Gasteiger partial charge in [-0.1, -0.05) is 12.1 Å². The molecule has 1 aliphatic carbocycles. The number of hydrogen-bond donors (Lipinski definition) is 0. The van der Waals surface area contributed by atoms with Gasteiger partial charge in [0.05, 0.1) is 17.1 Å². The molecule has 1 aromatic carbocycles. The van der Waals surface area contributed by atoms with E-state index >= 15 is 0 Å². The number of halogens is 2. The third kappa shape index (κ3) is 4.74. The lowest BCUT2D eigenvalue weighted by molar-refractivity contribution is -0.150. The van der Waals surface area contributed by atoms with Crippen molar-refractivity contribution in [3.8, 4) is 11.3 Å². The molecular weight excluding hydrogens is 520 g/mol. The fourth-order valence-electron chi connectivity index (χ4n) is 4.82. The van der Waals surface area contributed by atoms with Gasteiger partial charge < -0.3 is 14.5 Å². The molecule has 204 valence electrons. The Hall–Kier alpha value is -3.48. The van der Waals surface area contributed by atoms with Crippen LogP contribution < -0.4 is 13.5 Å². The van der Waals surface area contributed by atoms with Crippen molar-refractivity contribution >= 4 is 39.3 Å². The summed E-state index contributed by atoms with van der Waals surface area (Å²) in [7, 11) is -2.52. The van der Waals surface area contributed by atoms with E-state index in [1.807, 2.05) is 19.1 Å². The summed E-state index contributed by atoms with van der Waals surface area (Å²) in [6.07, 6.45) is -0.305. The van der Waals surface area contributed by atoms with Crippen LogP contribution in [0.15, 0.2) is 30.3 Å². The minimum Gasteiger partial charge on any atom is -0.456 e. The Balaban J connectivity index is 1.35. The predicted octanol–water partition coefficient (Wildman–Crippen LogP) is 2.42. The number of anilines is 3. The van der Waals surface area contributed by atoms with Gasteiger partial charge in [-0.15, -0.1) is 0 Å². The van der Waals surface area contributed by atoms with Gasteiger partial charge in [-0.25, -0.2) is 13.8 Å². The minimum absolute atomic E-state index is 0.242. The number of aromatic nitrogens is 1. The molecule has 1 unspecified atom stereocenters. The lowest BCUT2D eigenvalue weighted by Gasteiger charge is -2.35. The molecule has 0 radical (unpaired) electrons. The summed E-state index contributed by atoms with van der Waals surface area (Å²) in [5.41, 5.74) is 3.07. The summed E-state index contributed by atoms with van der Waals surface area (Å²) >= 11 is 0. The van der Waals surface area contributed by atoms with Crippen LogP contribution in [0.5, 0.6) is 0 Å². The number of ether oxygens (including phenoxy) is 1. The molecule has 38 heavy (non-hydrogen) atoms. The summed E-state index contributed by atoms with van der Waals surface area (Å²) in [5.74, 6) is -3.82. The Morgan fingerprint density at radius 3 is 2.42 bits per heavy atom. The number of piperazine rings is 1. The smallest absolute Gasteiger partial charge is 0.326 e. The molecular formula is C25H29F2N5O5S. The van der Waals surface area contributed by atoms with Crippen molar-refractivity contribution in [1.82, 2.24) is 9.88 Å². The number of carbonyl (C=O) groups excluding carboxylic acids is 2. The molecule has 2 aliphatic heterocycles. The number of carbonyl (C=O) groups is 2. The van der Waals surface area contributed by atoms with E-state index in [1.165, 1.54) is 14.0 Å². The van der Waals surface area contributed by atoms with E-state index in [0.717, 1.165) is 20.0 Å². The third-order valence-corrected chi connectivity index (χ3v) is 9.05. The van der Waals surface area contributed by atoms with E-state index in [1.54, 1.807) is 23.1 Å². The molecule has 1 amide bonds. The normalized spacial score (nSPS) is 21.3. The Kier molecular flexibility index (Phi) is 6.44. The summed E-state index contributed by atoms with van der Waals surface area (Å²) in [4.78, 5) is 31.8. The van der Waals surface area contributed by atoms with Crippen molar-refractivity contribution in [2.24, 2.45) is 5.92 Å². The molecule has 5 rings (SSSR count). The van der Waals surface area contributed by atoms with E-state index in [-0.39, 0.29) is 25.5 Å². The van der Waals surface area contributed by atoms with Gasteiger partial charge in [-0.2, -0.15) is 8.42 Å². The van der Waals surface area contributed by atoms with Crippen molar-refractivity contribution in [2.75, 3.05) is 59.9 Å². The molecule has 1 saturated heterocycles. The monoisotopic (exact) mass is 549 g/mol. The predicted molar refractivity (Wildman–Crippen MR) is 138 cm³/mol. The fraction of sp³-hybridized carbons (Fsp3) is 0.480. The maximum atomic E-state index is 13.5. The Labute approximate surface area is 220 Å². The molecule has 2 aromatic rings. The van der Waals surface area contributed by atoms with Crippen molar-refractivity contribution in [2.45, 2.75) is 26.2 Å². The van der Waals surface area contributed by atoms with E-state index in [4.69, 9.17) is 9.72 Å². The van der Waals surface area contributed by atoms with Gasteiger partial charge >= 0.3 is 16.2 Å². The fourth-order valence-corrected chi connectivity index (χ4v) is 6.28. The lowest BCUT2D eigenvalue weighted by atomic mass is 10.0. The molecule has 3 aliphatic rings. The number of alkyl halides is 2. The molecule has 2 fully saturated rings. The molecule has 0 spiro atoms. The second-order valence-electron chi connectivity index (χ2n) is 9.85. The number of esters is 1. The Bertz CT molecular complexity index is 1390. The van der Waals surface area contributed by atoms with Gasteiger partial charge in [0.1, 0.15) is 5.82 Å². The number of rotatable bonds is 6. The SMILES string of the molecule is CC(=O)OCC(=O)N1CCN(c2ccc(C)c(-c3ccc4c(c3)N(C)S(=O)(=O)N4CC3CC3(F)F)n2)CC1. The largest absolute Gasteiger partial charge is 0.456 e. The molecule has 1 aromatic heterocycles. The van der Waals surface area contributed by atoms with Crippen LogP contribution in [-0.4, -0.2) is 82.5 Å². The average molecular weight is 550 g/mol. The first-order valence-electron chi connectivity index (χ1n) is 12.3. The highest BCUT2D eigenvalue weighted by atomic mass is 32.2. The van der Waals surface area contributed by atoms with Gasteiger partial charge in [0.2, 0.25) is 0 Å². The molecule has 0 bridgehead atoms. The zero-order valence-electron chi connectivity index (χ0n) is 21.4. The van der Waals surface area contributed by atoms with Gasteiger partial charge in [-0.05, 0) is 30.7 Å². The highest BCUT2D eigenvalue weighted by Crippen LogP contribution is 2.51. The van der Waals surface area contributed by atoms with Crippen LogP contribution in [0.1, 0.15) is 18.9 Å². The number of aryl methyl sites for hydroxylation is 1. The maximum absolute atomic E-state index is 13.5. The van der Waals surface area contributed by atoms with Crippen LogP contribution in [0.2, 0.25) is 0 Å². The van der Waals surface area contributed by atoms with Crippen molar-refractivity contribution < 1.29 is 31.5 Å². The Morgan fingerprint density at radius 2 is 1.79 bits per heavy atom. The number of pyridine rings is 1. The zero-order chi connectivity index (χ0) is 27.4. The third-order valence-electron chi connectivity index (χ3n) is 7.26. The zero-order valence-corrected chi connectivity index (χ0v) is 22.2. The quantitative estimate of drug-likeness (QED) is 0.510. The first kappa shape index (κ1) is 26.1. The van der Waals surface area contributed by atoms with Crippen molar-refractivity contribution in [3.63, 3.8) is 0 Å². The molecule has 0 N–H and O–H groups in total. The topological polar surface area (TPSA) is 103 Å². The molecule has 10 nitrogen and oxygen atoms in total. The highest BCUT2D eigenvalue weighted by Gasteiger charge is 2.59. The molecule has 1 atom stereocenters. The minimum atomic E-state index is -3.94. The molecule has 1 saturated carbocycles. The summed E-state index contributed by atoms with van der Waals surface area (Å²) in [6, 6.07) is 8.97. The number of benzene rings is 1. The summed E-state index contributed by atoms with van der Waals surface area (Å²) in [5, 5.41) is 0. The average Bonchev–Trinajstić information content (AvgIpc) is 3.45. The standard InChI is InChI=1S/C25H29F2N5O5S/c1-16-4-7-22(30-8-10-31(11-9-30)23(34)15-37-17(2)33)28-24(16)18-5-6-20-21(12-18)29(3)38(35,36)32(20)14-19-13-25(19,26)27/h4-7,12,19H,8-11,13-15H2,1-3H3. The molecule has 3 heterocycles. The first-order valence-corrected chi connectivity index (χ1v) is 13.7. The maximum Gasteiger partial charge on any atom is 0.326 e. The van der Waals surface area contributed by atoms with Crippen molar-refractivity contribution in [1.29, 1.82) is 0 Å². The van der Waals surface area contributed by atoms with Crippen LogP contribution in [0.4, 0.5) is 26.0 Å². The van der Waals surface area contributed by atoms with Crippen LogP contribution in [-0.2, 0) is 24.5 Å². The first-order chi connectivity index (χ1) is 17.9. The van der Waals surface area contributed by atoms with Crippen LogP contribution in [0.3, 0.4) is 0 Å². The number of nitrogens with zero attached hydrogens (tertiary/aromatic N) is 5. The second kappa shape index (κ2) is 9.37. The number of fused-ring (bicyclic) bond motifs is 1. The highest BCUT2D eigenvalue weighted by molar-refractivity contribution is 7.94. The van der Waals surface area contributed by atoms with E-state index in [2.05, 4.69) is 4.90 Å². The number of amides is 1. The Morgan fingerprint density at radius 1 is 1.11 bits per heavy atom. The van der Waals surface area contributed by atoms with Gasteiger partial charge in [0.15, 0.2) is 6.61 Å². The van der Waals surface area contributed by atoms with Crippen LogP contribution >= 0.6 is 0 Å². The van der Waals surface area contributed by atoms with Crippen LogP contribution in [0, 0.1) is 12.8 Å². The number of hydrogen-bond acceptors (Lipinski definition) is 7. The van der Waals surface area contributed by atoms with Gasteiger partial charge in [-0.3, -0.25) is 18.2 Å². The summed E-state index contributed by atoms with van der Waals surface area (Å²) in [6.45, 7) is 4.66. The summed E-state index contributed by atoms with van der Waals surface area (Å²) < 4.78 is 60.0. The second-order valence-corrected chi connectivity index (χ2v) is 11.7. The molecule has 13 heteroatoms. The van der Waals surface area contributed by atoms with E-state index in [9.17, 15) is 26.8 Å². The van der Waals surface area contributed by atoms with E-state index in [0.29, 0.717) is 48.8 Å². The lowest BCUT2D eigenvalue weighted by Crippen LogP contribution is -2.50. The van der Waals surface area contributed by atoms with Gasteiger partial charge in [0.25, 0.3) is 11.8 Å². The van der Waals surface area contributed by atoms with Gasteiger partial charge in [0, 0.05) is 64.6 Å². The van der Waals surface area contributed by atoms with E-state index < -0.39 is 28.0 Å². The van der Waals surface area contributed by atoms with Crippen molar-refractivity contribution in [3.05, 3.63) is 35.9 Å².